The van der Waals surface area contributed by atoms with Crippen molar-refractivity contribution in [2.45, 2.75) is 37.6 Å². The number of hydrogen-bond donors (Lipinski definition) is 3. The zero-order valence-electron chi connectivity index (χ0n) is 16.6. The maximum atomic E-state index is 12.7. The van der Waals surface area contributed by atoms with Crippen LogP contribution in [0.2, 0.25) is 0 Å². The van der Waals surface area contributed by atoms with Gasteiger partial charge in [0.1, 0.15) is 6.04 Å². The van der Waals surface area contributed by atoms with Crippen molar-refractivity contribution in [1.29, 1.82) is 0 Å². The third-order valence-corrected chi connectivity index (χ3v) is 5.19. The van der Waals surface area contributed by atoms with Gasteiger partial charge in [-0.25, -0.2) is 13.6 Å². The van der Waals surface area contributed by atoms with Gasteiger partial charge in [-0.05, 0) is 35.6 Å². The van der Waals surface area contributed by atoms with E-state index in [4.69, 9.17) is 5.14 Å². The van der Waals surface area contributed by atoms with Crippen LogP contribution in [0.15, 0.2) is 59.5 Å². The van der Waals surface area contributed by atoms with Gasteiger partial charge < -0.3 is 10.6 Å². The highest BCUT2D eigenvalue weighted by Gasteiger charge is 2.22. The van der Waals surface area contributed by atoms with Crippen molar-refractivity contribution in [1.82, 2.24) is 10.6 Å². The van der Waals surface area contributed by atoms with Crippen LogP contribution in [0.4, 0.5) is 0 Å². The molecule has 1 atom stereocenters. The van der Waals surface area contributed by atoms with Crippen LogP contribution in [0.5, 0.6) is 0 Å². The fourth-order valence-electron chi connectivity index (χ4n) is 2.81. The second-order valence-electron chi connectivity index (χ2n) is 7.24. The lowest BCUT2D eigenvalue weighted by molar-refractivity contribution is -0.129. The van der Waals surface area contributed by atoms with Crippen LogP contribution in [0.1, 0.15) is 37.4 Å². The van der Waals surface area contributed by atoms with Gasteiger partial charge in [0.15, 0.2) is 0 Å². The molecular weight excluding hydrogens is 390 g/mol. The van der Waals surface area contributed by atoms with Crippen LogP contribution in [0, 0.1) is 5.92 Å². The Morgan fingerprint density at radius 2 is 1.62 bits per heavy atom. The molecule has 29 heavy (non-hydrogen) atoms. The summed E-state index contributed by atoms with van der Waals surface area (Å²) >= 11 is 0. The maximum absolute atomic E-state index is 12.7. The molecule has 0 aliphatic carbocycles. The van der Waals surface area contributed by atoms with E-state index in [2.05, 4.69) is 10.6 Å². The van der Waals surface area contributed by atoms with Crippen molar-refractivity contribution in [2.24, 2.45) is 11.1 Å². The van der Waals surface area contributed by atoms with Gasteiger partial charge in [0.2, 0.25) is 21.8 Å². The maximum Gasteiger partial charge on any atom is 0.247 e. The first-order valence-electron chi connectivity index (χ1n) is 9.40. The number of nitrogens with one attached hydrogen (secondary N) is 2. The van der Waals surface area contributed by atoms with Gasteiger partial charge in [0.25, 0.3) is 0 Å². The highest BCUT2D eigenvalue weighted by Crippen LogP contribution is 2.14. The van der Waals surface area contributed by atoms with E-state index in [1.165, 1.54) is 12.1 Å². The molecule has 156 valence electrons. The molecule has 2 amide bonds. The van der Waals surface area contributed by atoms with Gasteiger partial charge in [-0.3, -0.25) is 9.59 Å². The molecule has 0 heterocycles. The molecule has 0 saturated heterocycles. The third-order valence-electron chi connectivity index (χ3n) is 4.26. The Kier molecular flexibility index (Phi) is 7.92. The van der Waals surface area contributed by atoms with E-state index in [1.807, 2.05) is 32.0 Å². The van der Waals surface area contributed by atoms with E-state index >= 15 is 0 Å². The Labute approximate surface area is 171 Å². The van der Waals surface area contributed by atoms with Crippen molar-refractivity contribution >= 4 is 21.8 Å². The lowest BCUT2D eigenvalue weighted by atomic mass is 10.0. The first-order valence-corrected chi connectivity index (χ1v) is 10.9. The minimum atomic E-state index is -3.73. The van der Waals surface area contributed by atoms with E-state index in [1.54, 1.807) is 24.3 Å². The Balaban J connectivity index is 1.99. The fourth-order valence-corrected chi connectivity index (χ4v) is 3.33. The molecule has 2 aromatic carbocycles. The molecule has 1 unspecified atom stereocenters. The second-order valence-corrected chi connectivity index (χ2v) is 8.80. The predicted molar refractivity (Wildman–Crippen MR) is 111 cm³/mol. The monoisotopic (exact) mass is 417 g/mol. The van der Waals surface area contributed by atoms with E-state index in [-0.39, 0.29) is 22.6 Å². The van der Waals surface area contributed by atoms with Gasteiger partial charge in [0.05, 0.1) is 4.90 Å². The van der Waals surface area contributed by atoms with Crippen LogP contribution in [0.25, 0.3) is 0 Å². The molecule has 2 aromatic rings. The summed E-state index contributed by atoms with van der Waals surface area (Å²) in [6.07, 6.45) is 0.852. The van der Waals surface area contributed by atoms with Crippen molar-refractivity contribution < 1.29 is 18.0 Å². The van der Waals surface area contributed by atoms with Crippen molar-refractivity contribution in [3.05, 3.63) is 65.7 Å². The van der Waals surface area contributed by atoms with Gasteiger partial charge in [-0.15, -0.1) is 0 Å². The quantitative estimate of drug-likeness (QED) is 0.577. The summed E-state index contributed by atoms with van der Waals surface area (Å²) in [5, 5.41) is 10.7. The molecule has 8 heteroatoms. The smallest absolute Gasteiger partial charge is 0.247 e. The summed E-state index contributed by atoms with van der Waals surface area (Å²) < 4.78 is 22.6. The topological polar surface area (TPSA) is 118 Å². The summed E-state index contributed by atoms with van der Waals surface area (Å²) in [7, 11) is -3.73. The Bertz CT molecular complexity index is 926. The SMILES string of the molecule is CC(C)CC(=O)NC(C(=O)NCCc1ccc(S(N)(=O)=O)cc1)c1ccccc1. The van der Waals surface area contributed by atoms with Crippen LogP contribution >= 0.6 is 0 Å². The fraction of sp³-hybridized carbons (Fsp3) is 0.333. The molecule has 0 spiro atoms. The van der Waals surface area contributed by atoms with E-state index in [0.29, 0.717) is 24.9 Å². The third kappa shape index (κ3) is 7.32. The molecule has 7 nitrogen and oxygen atoms in total. The number of rotatable bonds is 9. The molecular formula is C21H27N3O4S. The van der Waals surface area contributed by atoms with Crippen molar-refractivity contribution in [3.8, 4) is 0 Å². The molecule has 0 aliphatic heterocycles. The van der Waals surface area contributed by atoms with Gasteiger partial charge >= 0.3 is 0 Å². The van der Waals surface area contributed by atoms with Gasteiger partial charge in [0, 0.05) is 13.0 Å². The molecule has 0 fully saturated rings. The predicted octanol–water partition coefficient (Wildman–Crippen LogP) is 1.90. The van der Waals surface area contributed by atoms with Gasteiger partial charge in [-0.2, -0.15) is 0 Å². The highest BCUT2D eigenvalue weighted by molar-refractivity contribution is 7.89. The summed E-state index contributed by atoms with van der Waals surface area (Å²) in [6, 6.07) is 14.5. The zero-order valence-corrected chi connectivity index (χ0v) is 17.4. The van der Waals surface area contributed by atoms with Crippen molar-refractivity contribution in [3.63, 3.8) is 0 Å². The molecule has 0 aliphatic rings. The van der Waals surface area contributed by atoms with E-state index in [0.717, 1.165) is 5.56 Å². The summed E-state index contributed by atoms with van der Waals surface area (Å²) in [4.78, 5) is 25.0. The van der Waals surface area contributed by atoms with Gasteiger partial charge in [-0.1, -0.05) is 56.3 Å². The summed E-state index contributed by atoms with van der Waals surface area (Å²) in [5.74, 6) is -0.285. The Morgan fingerprint density at radius 1 is 1.00 bits per heavy atom. The normalized spacial score (nSPS) is 12.4. The standard InChI is InChI=1S/C21H27N3O4S/c1-15(2)14-19(25)24-20(17-6-4-3-5-7-17)21(26)23-13-12-16-8-10-18(11-9-16)29(22,27)28/h3-11,15,20H,12-14H2,1-2H3,(H,23,26)(H,24,25)(H2,22,27,28). The average molecular weight is 418 g/mol. The lowest BCUT2D eigenvalue weighted by Gasteiger charge is -2.19. The summed E-state index contributed by atoms with van der Waals surface area (Å²) in [6.45, 7) is 4.23. The first-order chi connectivity index (χ1) is 13.7. The number of sulfonamides is 1. The number of carbonyl (C=O) groups is 2. The minimum absolute atomic E-state index is 0.0438. The molecule has 0 radical (unpaired) electrons. The number of amides is 2. The number of benzene rings is 2. The molecule has 2 rings (SSSR count). The number of nitrogens with two attached hydrogens (primary N) is 1. The Hall–Kier alpha value is -2.71. The Morgan fingerprint density at radius 3 is 2.17 bits per heavy atom. The largest absolute Gasteiger partial charge is 0.354 e. The number of hydrogen-bond acceptors (Lipinski definition) is 4. The molecule has 4 N–H and O–H groups in total. The number of primary sulfonamides is 1. The lowest BCUT2D eigenvalue weighted by Crippen LogP contribution is -2.41. The molecule has 0 bridgehead atoms. The van der Waals surface area contributed by atoms with E-state index < -0.39 is 16.1 Å². The molecule has 0 saturated carbocycles. The first kappa shape index (κ1) is 22.6. The highest BCUT2D eigenvalue weighted by atomic mass is 32.2. The minimum Gasteiger partial charge on any atom is -0.354 e. The van der Waals surface area contributed by atoms with Crippen molar-refractivity contribution in [2.75, 3.05) is 6.54 Å². The molecule has 0 aromatic heterocycles. The van der Waals surface area contributed by atoms with Crippen LogP contribution in [-0.2, 0) is 26.0 Å². The average Bonchev–Trinajstić information content (AvgIpc) is 2.66. The van der Waals surface area contributed by atoms with E-state index in [9.17, 15) is 18.0 Å². The summed E-state index contributed by atoms with van der Waals surface area (Å²) in [5.41, 5.74) is 1.57. The van der Waals surface area contributed by atoms with Crippen LogP contribution < -0.4 is 15.8 Å². The van der Waals surface area contributed by atoms with Crippen LogP contribution in [0.3, 0.4) is 0 Å². The van der Waals surface area contributed by atoms with Crippen LogP contribution in [-0.4, -0.2) is 26.8 Å². The second kappa shape index (κ2) is 10.2. The number of carbonyl (C=O) groups excluding carboxylic acids is 2. The zero-order chi connectivity index (χ0) is 21.4.